The molecule has 0 radical (unpaired) electrons. The SMILES string of the molecule is C#CCCCC(CCc1ccncc1)NC. The normalized spacial score (nSPS) is 12.0. The second-order valence-electron chi connectivity index (χ2n) is 3.98. The molecule has 16 heavy (non-hydrogen) atoms. The van der Waals surface area contributed by atoms with Crippen LogP contribution in [0.3, 0.4) is 0 Å². The van der Waals surface area contributed by atoms with Gasteiger partial charge in [0.25, 0.3) is 0 Å². The van der Waals surface area contributed by atoms with Crippen molar-refractivity contribution < 1.29 is 0 Å². The van der Waals surface area contributed by atoms with Gasteiger partial charge in [0.15, 0.2) is 0 Å². The Morgan fingerprint density at radius 2 is 2.12 bits per heavy atom. The maximum absolute atomic E-state index is 5.24. The third-order valence-electron chi connectivity index (χ3n) is 2.81. The average molecular weight is 216 g/mol. The van der Waals surface area contributed by atoms with Crippen LogP contribution >= 0.6 is 0 Å². The van der Waals surface area contributed by atoms with Crippen LogP contribution in [0, 0.1) is 12.3 Å². The van der Waals surface area contributed by atoms with Crippen LogP contribution in [0.4, 0.5) is 0 Å². The predicted octanol–water partition coefficient (Wildman–Crippen LogP) is 2.41. The van der Waals surface area contributed by atoms with Crippen molar-refractivity contribution in [3.8, 4) is 12.3 Å². The van der Waals surface area contributed by atoms with Crippen molar-refractivity contribution in [3.63, 3.8) is 0 Å². The molecule has 1 aromatic heterocycles. The first-order valence-corrected chi connectivity index (χ1v) is 5.86. The van der Waals surface area contributed by atoms with Gasteiger partial charge in [-0.15, -0.1) is 12.3 Å². The molecule has 1 heterocycles. The number of hydrogen-bond acceptors (Lipinski definition) is 2. The highest BCUT2D eigenvalue weighted by atomic mass is 14.9. The molecule has 0 saturated heterocycles. The molecule has 1 N–H and O–H groups in total. The molecular weight excluding hydrogens is 196 g/mol. The molecule has 1 aromatic rings. The van der Waals surface area contributed by atoms with Gasteiger partial charge in [0.05, 0.1) is 0 Å². The fourth-order valence-electron chi connectivity index (χ4n) is 1.77. The van der Waals surface area contributed by atoms with E-state index < -0.39 is 0 Å². The zero-order chi connectivity index (χ0) is 11.6. The monoisotopic (exact) mass is 216 g/mol. The smallest absolute Gasteiger partial charge is 0.0270 e. The molecule has 2 heteroatoms. The van der Waals surface area contributed by atoms with E-state index in [1.807, 2.05) is 19.4 Å². The number of rotatable bonds is 7. The number of terminal acetylenes is 1. The van der Waals surface area contributed by atoms with Crippen LogP contribution in [0.25, 0.3) is 0 Å². The van der Waals surface area contributed by atoms with Gasteiger partial charge in [0.1, 0.15) is 0 Å². The van der Waals surface area contributed by atoms with Crippen LogP contribution in [0.1, 0.15) is 31.2 Å². The summed E-state index contributed by atoms with van der Waals surface area (Å²) >= 11 is 0. The van der Waals surface area contributed by atoms with Gasteiger partial charge < -0.3 is 5.32 Å². The van der Waals surface area contributed by atoms with Gasteiger partial charge in [-0.2, -0.15) is 0 Å². The van der Waals surface area contributed by atoms with E-state index in [1.54, 1.807) is 0 Å². The minimum Gasteiger partial charge on any atom is -0.317 e. The van der Waals surface area contributed by atoms with E-state index in [9.17, 15) is 0 Å². The summed E-state index contributed by atoms with van der Waals surface area (Å²) < 4.78 is 0. The molecule has 86 valence electrons. The van der Waals surface area contributed by atoms with Crippen LogP contribution in [0.15, 0.2) is 24.5 Å². The Labute approximate surface area is 98.5 Å². The van der Waals surface area contributed by atoms with E-state index in [0.29, 0.717) is 6.04 Å². The summed E-state index contributed by atoms with van der Waals surface area (Å²) in [6.07, 6.45) is 14.4. The Kier molecular flexibility index (Phi) is 6.29. The Morgan fingerprint density at radius 3 is 2.75 bits per heavy atom. The molecule has 0 aliphatic rings. The van der Waals surface area contributed by atoms with Gasteiger partial charge in [0, 0.05) is 24.9 Å². The fraction of sp³-hybridized carbons (Fsp3) is 0.500. The Balaban J connectivity index is 2.26. The van der Waals surface area contributed by atoms with Crippen molar-refractivity contribution in [1.29, 1.82) is 0 Å². The van der Waals surface area contributed by atoms with E-state index in [1.165, 1.54) is 5.56 Å². The van der Waals surface area contributed by atoms with Crippen LogP contribution in [0.2, 0.25) is 0 Å². The maximum atomic E-state index is 5.24. The van der Waals surface area contributed by atoms with Crippen molar-refractivity contribution >= 4 is 0 Å². The largest absolute Gasteiger partial charge is 0.317 e. The molecule has 0 aromatic carbocycles. The maximum Gasteiger partial charge on any atom is 0.0270 e. The Hall–Kier alpha value is -1.33. The predicted molar refractivity (Wildman–Crippen MR) is 68.1 cm³/mol. The van der Waals surface area contributed by atoms with Gasteiger partial charge in [-0.1, -0.05) is 0 Å². The minimum atomic E-state index is 0.571. The fourth-order valence-corrected chi connectivity index (χ4v) is 1.77. The topological polar surface area (TPSA) is 24.9 Å². The summed E-state index contributed by atoms with van der Waals surface area (Å²) in [6.45, 7) is 0. The highest BCUT2D eigenvalue weighted by Crippen LogP contribution is 2.08. The minimum absolute atomic E-state index is 0.571. The lowest BCUT2D eigenvalue weighted by atomic mass is 10.0. The third-order valence-corrected chi connectivity index (χ3v) is 2.81. The van der Waals surface area contributed by atoms with Crippen LogP contribution < -0.4 is 5.32 Å². The highest BCUT2D eigenvalue weighted by molar-refractivity contribution is 5.09. The molecule has 0 spiro atoms. The summed E-state index contributed by atoms with van der Waals surface area (Å²) in [5, 5.41) is 3.35. The molecule has 0 bridgehead atoms. The summed E-state index contributed by atoms with van der Waals surface area (Å²) in [4.78, 5) is 4.02. The van der Waals surface area contributed by atoms with Gasteiger partial charge in [0.2, 0.25) is 0 Å². The highest BCUT2D eigenvalue weighted by Gasteiger charge is 2.05. The molecule has 1 atom stereocenters. The molecule has 0 aliphatic heterocycles. The van der Waals surface area contributed by atoms with Crippen molar-refractivity contribution in [2.24, 2.45) is 0 Å². The number of nitrogens with zero attached hydrogens (tertiary/aromatic N) is 1. The van der Waals surface area contributed by atoms with E-state index in [-0.39, 0.29) is 0 Å². The van der Waals surface area contributed by atoms with E-state index in [2.05, 4.69) is 28.4 Å². The first-order valence-electron chi connectivity index (χ1n) is 5.86. The molecule has 0 aliphatic carbocycles. The standard InChI is InChI=1S/C14H20N2/c1-3-4-5-6-14(15-2)8-7-13-9-11-16-12-10-13/h1,9-12,14-15H,4-8H2,2H3. The lowest BCUT2D eigenvalue weighted by Gasteiger charge is -2.15. The average Bonchev–Trinajstić information content (AvgIpc) is 2.35. The van der Waals surface area contributed by atoms with E-state index in [0.717, 1.165) is 32.1 Å². The molecule has 1 rings (SSSR count). The van der Waals surface area contributed by atoms with Gasteiger partial charge in [-0.3, -0.25) is 4.98 Å². The number of unbranched alkanes of at least 4 members (excludes halogenated alkanes) is 1. The first-order chi connectivity index (χ1) is 7.86. The number of pyridine rings is 1. The summed E-state index contributed by atoms with van der Waals surface area (Å²) in [6, 6.07) is 4.73. The lowest BCUT2D eigenvalue weighted by Crippen LogP contribution is -2.25. The zero-order valence-electron chi connectivity index (χ0n) is 9.95. The van der Waals surface area contributed by atoms with Crippen LogP contribution in [0.5, 0.6) is 0 Å². The quantitative estimate of drug-likeness (QED) is 0.559. The number of aryl methyl sites for hydroxylation is 1. The molecule has 0 saturated carbocycles. The second-order valence-corrected chi connectivity index (χ2v) is 3.98. The van der Waals surface area contributed by atoms with Crippen molar-refractivity contribution in [2.75, 3.05) is 7.05 Å². The molecular formula is C14H20N2. The third kappa shape index (κ3) is 4.95. The Bertz CT molecular complexity index is 313. The van der Waals surface area contributed by atoms with Gasteiger partial charge >= 0.3 is 0 Å². The van der Waals surface area contributed by atoms with Crippen LogP contribution in [-0.2, 0) is 6.42 Å². The van der Waals surface area contributed by atoms with Crippen LogP contribution in [-0.4, -0.2) is 18.1 Å². The summed E-state index contributed by atoms with van der Waals surface area (Å²) in [7, 11) is 2.02. The van der Waals surface area contributed by atoms with E-state index in [4.69, 9.17) is 6.42 Å². The molecule has 1 unspecified atom stereocenters. The summed E-state index contributed by atoms with van der Waals surface area (Å²) in [5.41, 5.74) is 1.35. The van der Waals surface area contributed by atoms with Crippen molar-refractivity contribution in [2.45, 2.75) is 38.1 Å². The zero-order valence-corrected chi connectivity index (χ0v) is 9.95. The Morgan fingerprint density at radius 1 is 1.38 bits per heavy atom. The first kappa shape index (κ1) is 12.7. The lowest BCUT2D eigenvalue weighted by molar-refractivity contribution is 0.477. The van der Waals surface area contributed by atoms with Gasteiger partial charge in [-0.05, 0) is 50.4 Å². The molecule has 0 fully saturated rings. The van der Waals surface area contributed by atoms with Crippen molar-refractivity contribution in [3.05, 3.63) is 30.1 Å². The van der Waals surface area contributed by atoms with Crippen molar-refractivity contribution in [1.82, 2.24) is 10.3 Å². The summed E-state index contributed by atoms with van der Waals surface area (Å²) in [5.74, 6) is 2.68. The number of aromatic nitrogens is 1. The van der Waals surface area contributed by atoms with E-state index >= 15 is 0 Å². The molecule has 0 amide bonds. The second kappa shape index (κ2) is 7.90. The number of hydrogen-bond donors (Lipinski definition) is 1. The molecule has 2 nitrogen and oxygen atoms in total. The number of nitrogens with one attached hydrogen (secondary N) is 1. The van der Waals surface area contributed by atoms with Gasteiger partial charge in [-0.25, -0.2) is 0 Å².